The summed E-state index contributed by atoms with van der Waals surface area (Å²) in [5.41, 5.74) is 0.957. The van der Waals surface area contributed by atoms with E-state index in [1.807, 2.05) is 35.0 Å². The third kappa shape index (κ3) is 2.69. The molecule has 7 heteroatoms. The highest BCUT2D eigenvalue weighted by Gasteiger charge is 2.48. The summed E-state index contributed by atoms with van der Waals surface area (Å²) < 4.78 is 18.9. The van der Waals surface area contributed by atoms with Gasteiger partial charge in [0, 0.05) is 18.0 Å². The topological polar surface area (TPSA) is 86.0 Å². The number of benzene rings is 1. The second-order valence-electron chi connectivity index (χ2n) is 5.99. The van der Waals surface area contributed by atoms with E-state index in [2.05, 4.69) is 4.98 Å². The molecule has 1 aromatic heterocycles. The van der Waals surface area contributed by atoms with Crippen molar-refractivity contribution in [2.75, 3.05) is 26.4 Å². The lowest BCUT2D eigenvalue weighted by Gasteiger charge is -2.19. The molecule has 1 aromatic carbocycles. The number of hydrogen-bond acceptors (Lipinski definition) is 6. The highest BCUT2D eigenvalue weighted by molar-refractivity contribution is 5.57. The van der Waals surface area contributed by atoms with Gasteiger partial charge in [-0.15, -0.1) is 0 Å². The van der Waals surface area contributed by atoms with Gasteiger partial charge in [0.15, 0.2) is 0 Å². The Balaban J connectivity index is 1.57. The second-order valence-corrected chi connectivity index (χ2v) is 5.99. The molecular formula is C17H20N2O5. The van der Waals surface area contributed by atoms with Gasteiger partial charge >= 0.3 is 0 Å². The van der Waals surface area contributed by atoms with Gasteiger partial charge in [-0.05, 0) is 24.3 Å². The van der Waals surface area contributed by atoms with Gasteiger partial charge in [-0.3, -0.25) is 0 Å². The maximum atomic E-state index is 9.90. The Morgan fingerprint density at radius 2 is 1.96 bits per heavy atom. The fourth-order valence-electron chi connectivity index (χ4n) is 3.37. The molecule has 2 fully saturated rings. The molecule has 0 amide bonds. The summed E-state index contributed by atoms with van der Waals surface area (Å²) in [6.07, 6.45) is 2.69. The van der Waals surface area contributed by atoms with Crippen LogP contribution in [0.3, 0.4) is 0 Å². The molecule has 2 saturated heterocycles. The molecule has 0 aliphatic carbocycles. The average molecular weight is 332 g/mol. The van der Waals surface area contributed by atoms with Crippen molar-refractivity contribution in [3.05, 3.63) is 36.7 Å². The smallest absolute Gasteiger partial charge is 0.140 e. The van der Waals surface area contributed by atoms with Crippen molar-refractivity contribution in [2.24, 2.45) is 0 Å². The number of rotatable bonds is 5. The number of hydrogen-bond donors (Lipinski definition) is 2. The van der Waals surface area contributed by atoms with Crippen LogP contribution in [0.15, 0.2) is 36.7 Å². The van der Waals surface area contributed by atoms with Crippen molar-refractivity contribution in [3.8, 4) is 17.1 Å². The van der Waals surface area contributed by atoms with Crippen molar-refractivity contribution in [1.82, 2.24) is 9.55 Å². The van der Waals surface area contributed by atoms with Gasteiger partial charge in [-0.2, -0.15) is 0 Å². The van der Waals surface area contributed by atoms with Crippen LogP contribution >= 0.6 is 0 Å². The van der Waals surface area contributed by atoms with Gasteiger partial charge in [0.05, 0.1) is 25.9 Å². The quantitative estimate of drug-likeness (QED) is 0.835. The fraction of sp³-hybridized carbons (Fsp3) is 0.471. The molecule has 4 atom stereocenters. The number of aromatic nitrogens is 2. The minimum atomic E-state index is -0.560. The largest absolute Gasteiger partial charge is 0.491 e. The van der Waals surface area contributed by atoms with Crippen LogP contribution in [0.5, 0.6) is 5.75 Å². The van der Waals surface area contributed by atoms with E-state index in [4.69, 9.17) is 19.3 Å². The van der Waals surface area contributed by atoms with Gasteiger partial charge in [0.25, 0.3) is 0 Å². The second kappa shape index (κ2) is 6.52. The van der Waals surface area contributed by atoms with Gasteiger partial charge < -0.3 is 29.0 Å². The fourth-order valence-corrected chi connectivity index (χ4v) is 3.37. The lowest BCUT2D eigenvalue weighted by molar-refractivity contribution is 0.0172. The summed E-state index contributed by atoms with van der Waals surface area (Å²) in [5, 5.41) is 18.7. The molecule has 2 N–H and O–H groups in total. The van der Waals surface area contributed by atoms with E-state index in [0.717, 1.165) is 11.4 Å². The van der Waals surface area contributed by atoms with E-state index in [1.165, 1.54) is 0 Å². The number of imidazole rings is 1. The van der Waals surface area contributed by atoms with Gasteiger partial charge in [0.2, 0.25) is 0 Å². The van der Waals surface area contributed by atoms with Crippen molar-refractivity contribution in [1.29, 1.82) is 0 Å². The lowest BCUT2D eigenvalue weighted by Crippen LogP contribution is -2.30. The van der Waals surface area contributed by atoms with Crippen LogP contribution < -0.4 is 4.74 Å². The molecule has 3 heterocycles. The third-order valence-electron chi connectivity index (χ3n) is 4.50. The van der Waals surface area contributed by atoms with E-state index in [9.17, 15) is 5.11 Å². The summed E-state index contributed by atoms with van der Waals surface area (Å²) in [5.74, 6) is 1.53. The molecule has 2 aromatic rings. The highest BCUT2D eigenvalue weighted by Crippen LogP contribution is 2.36. The number of aliphatic hydroxyl groups is 2. The van der Waals surface area contributed by atoms with E-state index in [1.54, 1.807) is 6.20 Å². The number of aliphatic hydroxyl groups excluding tert-OH is 2. The first-order valence-corrected chi connectivity index (χ1v) is 8.06. The first-order chi connectivity index (χ1) is 11.8. The van der Waals surface area contributed by atoms with Crippen LogP contribution in [0.1, 0.15) is 6.04 Å². The molecule has 2 aliphatic rings. The van der Waals surface area contributed by atoms with Crippen molar-refractivity contribution in [3.63, 3.8) is 0 Å². The summed E-state index contributed by atoms with van der Waals surface area (Å²) in [7, 11) is 0. The van der Waals surface area contributed by atoms with Crippen molar-refractivity contribution < 1.29 is 24.4 Å². The molecule has 0 bridgehead atoms. The predicted octanol–water partition coefficient (Wildman–Crippen LogP) is 0.621. The monoisotopic (exact) mass is 332 g/mol. The lowest BCUT2D eigenvalue weighted by atomic mass is 10.1. The Hall–Kier alpha value is -1.93. The van der Waals surface area contributed by atoms with Gasteiger partial charge in [0.1, 0.15) is 36.5 Å². The maximum Gasteiger partial charge on any atom is 0.140 e. The molecule has 4 rings (SSSR count). The molecule has 128 valence electrons. The molecule has 0 radical (unpaired) electrons. The summed E-state index contributed by atoms with van der Waals surface area (Å²) in [6.45, 7) is 1.07. The zero-order valence-electron chi connectivity index (χ0n) is 13.1. The Bertz CT molecular complexity index is 687. The molecule has 0 saturated carbocycles. The molecule has 2 aliphatic heterocycles. The minimum absolute atomic E-state index is 0.00466. The zero-order valence-corrected chi connectivity index (χ0v) is 13.1. The minimum Gasteiger partial charge on any atom is -0.491 e. The predicted molar refractivity (Wildman–Crippen MR) is 84.8 cm³/mol. The van der Waals surface area contributed by atoms with Crippen molar-refractivity contribution in [2.45, 2.75) is 24.4 Å². The molecule has 24 heavy (non-hydrogen) atoms. The average Bonchev–Trinajstić information content (AvgIpc) is 3.31. The Kier molecular flexibility index (Phi) is 4.24. The van der Waals surface area contributed by atoms with Gasteiger partial charge in [-0.25, -0.2) is 4.98 Å². The molecule has 0 spiro atoms. The maximum absolute atomic E-state index is 9.90. The summed E-state index contributed by atoms with van der Waals surface area (Å²) in [6, 6.07) is 7.57. The van der Waals surface area contributed by atoms with E-state index >= 15 is 0 Å². The zero-order chi connectivity index (χ0) is 16.5. The van der Waals surface area contributed by atoms with Gasteiger partial charge in [-0.1, -0.05) is 0 Å². The Labute approximate surface area is 139 Å². The summed E-state index contributed by atoms with van der Waals surface area (Å²) in [4.78, 5) is 4.46. The normalized spacial score (nSPS) is 28.9. The van der Waals surface area contributed by atoms with E-state index in [0.29, 0.717) is 19.0 Å². The van der Waals surface area contributed by atoms with E-state index < -0.39 is 6.10 Å². The number of fused-ring (bicyclic) bond motifs is 1. The standard InChI is InChI=1S/C17H20N2O5/c20-7-8-22-12-3-1-11(2-4-12)17-18-5-6-19(17)13-9-23-16-14(21)10-24-15(13)16/h1-6,13-16,20-21H,7-10H2/t13-,14-,15-,16-/m1/s1. The molecule has 7 nitrogen and oxygen atoms in total. The Morgan fingerprint density at radius 3 is 2.75 bits per heavy atom. The number of nitrogens with zero attached hydrogens (tertiary/aromatic N) is 2. The summed E-state index contributed by atoms with van der Waals surface area (Å²) >= 11 is 0. The van der Waals surface area contributed by atoms with Crippen LogP contribution in [0, 0.1) is 0 Å². The first kappa shape index (κ1) is 15.6. The van der Waals surface area contributed by atoms with E-state index in [-0.39, 0.29) is 31.5 Å². The third-order valence-corrected chi connectivity index (χ3v) is 4.50. The van der Waals surface area contributed by atoms with Crippen LogP contribution in [0.2, 0.25) is 0 Å². The molecular weight excluding hydrogens is 312 g/mol. The first-order valence-electron chi connectivity index (χ1n) is 8.06. The van der Waals surface area contributed by atoms with Crippen LogP contribution in [-0.4, -0.2) is 64.5 Å². The molecule has 0 unspecified atom stereocenters. The van der Waals surface area contributed by atoms with Crippen LogP contribution in [-0.2, 0) is 9.47 Å². The Morgan fingerprint density at radius 1 is 1.17 bits per heavy atom. The highest BCUT2D eigenvalue weighted by atomic mass is 16.6. The van der Waals surface area contributed by atoms with Crippen LogP contribution in [0.4, 0.5) is 0 Å². The number of ether oxygens (including phenoxy) is 3. The SMILES string of the molecule is OCCOc1ccc(-c2nccn2[C@@H]2CO[C@H]3[C@@H]2OC[C@H]3O)cc1. The van der Waals surface area contributed by atoms with Crippen LogP contribution in [0.25, 0.3) is 11.4 Å². The van der Waals surface area contributed by atoms with Crippen molar-refractivity contribution >= 4 is 0 Å².